The van der Waals surface area contributed by atoms with Crippen LogP contribution >= 0.6 is 15.9 Å². The first kappa shape index (κ1) is 18.1. The van der Waals surface area contributed by atoms with E-state index in [1.807, 2.05) is 0 Å². The van der Waals surface area contributed by atoms with Gasteiger partial charge in [0.1, 0.15) is 0 Å². The summed E-state index contributed by atoms with van der Waals surface area (Å²) in [6.07, 6.45) is 2.01. The van der Waals surface area contributed by atoms with Crippen molar-refractivity contribution in [1.29, 1.82) is 0 Å². The molecule has 0 aliphatic heterocycles. The van der Waals surface area contributed by atoms with Crippen LogP contribution in [0.5, 0.6) is 0 Å². The van der Waals surface area contributed by atoms with Gasteiger partial charge in [0.15, 0.2) is 6.61 Å². The Morgan fingerprint density at radius 1 is 1.04 bits per heavy atom. The number of esters is 1. The Balaban J connectivity index is 1.52. The van der Waals surface area contributed by atoms with Gasteiger partial charge in [-0.15, -0.1) is 0 Å². The highest BCUT2D eigenvalue weighted by atomic mass is 79.9. The van der Waals surface area contributed by atoms with Crippen LogP contribution in [0.4, 0.5) is 5.69 Å². The number of benzene rings is 2. The number of carbonyl (C=O) groups is 3. The number of nitrogens with one attached hydrogen (secondary N) is 2. The standard InChI is InChI=1S/C19H17BrN2O4/c20-14-6-4-12(5-7-14)19(25)26-11-17(23)21-16-3-1-2-13(10-16)18(24)22-15-8-9-15/h1-7,10,15H,8-9,11H2,(H,21,23)(H,22,24). The summed E-state index contributed by atoms with van der Waals surface area (Å²) in [7, 11) is 0. The lowest BCUT2D eigenvalue weighted by atomic mass is 10.2. The minimum Gasteiger partial charge on any atom is -0.452 e. The van der Waals surface area contributed by atoms with Gasteiger partial charge in [0.25, 0.3) is 11.8 Å². The lowest BCUT2D eigenvalue weighted by Gasteiger charge is -2.08. The molecule has 1 fully saturated rings. The minimum atomic E-state index is -0.579. The van der Waals surface area contributed by atoms with Crippen LogP contribution in [-0.2, 0) is 9.53 Å². The molecule has 2 aromatic carbocycles. The highest BCUT2D eigenvalue weighted by Crippen LogP contribution is 2.20. The summed E-state index contributed by atoms with van der Waals surface area (Å²) in [6.45, 7) is -0.409. The molecule has 1 saturated carbocycles. The monoisotopic (exact) mass is 416 g/mol. The van der Waals surface area contributed by atoms with Crippen molar-refractivity contribution >= 4 is 39.4 Å². The topological polar surface area (TPSA) is 84.5 Å². The van der Waals surface area contributed by atoms with E-state index in [1.165, 1.54) is 0 Å². The van der Waals surface area contributed by atoms with Crippen LogP contribution in [0.15, 0.2) is 53.0 Å². The molecule has 0 bridgehead atoms. The molecule has 0 heterocycles. The molecule has 0 aromatic heterocycles. The zero-order valence-electron chi connectivity index (χ0n) is 13.8. The van der Waals surface area contributed by atoms with Gasteiger partial charge in [-0.05, 0) is 55.3 Å². The van der Waals surface area contributed by atoms with Crippen LogP contribution in [-0.4, -0.2) is 30.4 Å². The Kier molecular flexibility index (Phi) is 5.68. The Labute approximate surface area is 159 Å². The molecule has 6 nitrogen and oxygen atoms in total. The molecule has 26 heavy (non-hydrogen) atoms. The highest BCUT2D eigenvalue weighted by molar-refractivity contribution is 9.10. The molecular weight excluding hydrogens is 400 g/mol. The number of hydrogen-bond acceptors (Lipinski definition) is 4. The fourth-order valence-electron chi connectivity index (χ4n) is 2.23. The molecule has 7 heteroatoms. The van der Waals surface area contributed by atoms with E-state index >= 15 is 0 Å². The number of carbonyl (C=O) groups excluding carboxylic acids is 3. The number of halogens is 1. The second-order valence-electron chi connectivity index (χ2n) is 5.96. The van der Waals surface area contributed by atoms with Crippen molar-refractivity contribution in [2.24, 2.45) is 0 Å². The zero-order chi connectivity index (χ0) is 18.5. The van der Waals surface area contributed by atoms with Crippen molar-refractivity contribution in [2.45, 2.75) is 18.9 Å². The minimum absolute atomic E-state index is 0.162. The SMILES string of the molecule is O=C(COC(=O)c1ccc(Br)cc1)Nc1cccc(C(=O)NC2CC2)c1. The maximum absolute atomic E-state index is 12.0. The van der Waals surface area contributed by atoms with E-state index in [4.69, 9.17) is 4.74 Å². The number of ether oxygens (including phenoxy) is 1. The van der Waals surface area contributed by atoms with E-state index in [1.54, 1.807) is 48.5 Å². The second-order valence-corrected chi connectivity index (χ2v) is 6.88. The van der Waals surface area contributed by atoms with E-state index in [0.717, 1.165) is 17.3 Å². The normalized spacial score (nSPS) is 13.0. The van der Waals surface area contributed by atoms with Gasteiger partial charge in [-0.1, -0.05) is 22.0 Å². The van der Waals surface area contributed by atoms with Gasteiger partial charge in [-0.3, -0.25) is 9.59 Å². The molecule has 2 aromatic rings. The average molecular weight is 417 g/mol. The molecule has 0 unspecified atom stereocenters. The van der Waals surface area contributed by atoms with Crippen LogP contribution < -0.4 is 10.6 Å². The highest BCUT2D eigenvalue weighted by Gasteiger charge is 2.23. The molecule has 134 valence electrons. The smallest absolute Gasteiger partial charge is 0.338 e. The number of rotatable bonds is 6. The largest absolute Gasteiger partial charge is 0.452 e. The van der Waals surface area contributed by atoms with Gasteiger partial charge in [0, 0.05) is 21.8 Å². The Bertz CT molecular complexity index is 832. The molecule has 0 spiro atoms. The third-order valence-electron chi connectivity index (χ3n) is 3.74. The fourth-order valence-corrected chi connectivity index (χ4v) is 2.50. The first-order valence-corrected chi connectivity index (χ1v) is 8.94. The molecule has 0 atom stereocenters. The first-order chi connectivity index (χ1) is 12.5. The van der Waals surface area contributed by atoms with E-state index in [0.29, 0.717) is 16.8 Å². The summed E-state index contributed by atoms with van der Waals surface area (Å²) >= 11 is 3.28. The van der Waals surface area contributed by atoms with Crippen LogP contribution in [0.1, 0.15) is 33.6 Å². The van der Waals surface area contributed by atoms with Gasteiger partial charge in [0.2, 0.25) is 0 Å². The number of anilines is 1. The molecular formula is C19H17BrN2O4. The van der Waals surface area contributed by atoms with Gasteiger partial charge in [0.05, 0.1) is 5.56 Å². The summed E-state index contributed by atoms with van der Waals surface area (Å²) in [5.74, 6) is -1.22. The van der Waals surface area contributed by atoms with E-state index in [2.05, 4.69) is 26.6 Å². The molecule has 2 amide bonds. The second kappa shape index (κ2) is 8.14. The van der Waals surface area contributed by atoms with Gasteiger partial charge in [-0.25, -0.2) is 4.79 Å². The van der Waals surface area contributed by atoms with E-state index in [-0.39, 0.29) is 11.9 Å². The van der Waals surface area contributed by atoms with Crippen molar-refractivity contribution in [1.82, 2.24) is 5.32 Å². The maximum Gasteiger partial charge on any atom is 0.338 e. The maximum atomic E-state index is 12.0. The molecule has 2 N–H and O–H groups in total. The summed E-state index contributed by atoms with van der Waals surface area (Å²) in [6, 6.07) is 13.5. The molecule has 0 radical (unpaired) electrons. The molecule has 3 rings (SSSR count). The van der Waals surface area contributed by atoms with Gasteiger partial charge in [-0.2, -0.15) is 0 Å². The molecule has 0 saturated heterocycles. The number of amides is 2. The predicted octanol–water partition coefficient (Wildman–Crippen LogP) is 3.14. The summed E-state index contributed by atoms with van der Waals surface area (Å²) < 4.78 is 5.84. The third kappa shape index (κ3) is 5.16. The van der Waals surface area contributed by atoms with E-state index in [9.17, 15) is 14.4 Å². The van der Waals surface area contributed by atoms with Crippen molar-refractivity contribution in [3.8, 4) is 0 Å². The van der Waals surface area contributed by atoms with Crippen molar-refractivity contribution in [3.05, 3.63) is 64.1 Å². The van der Waals surface area contributed by atoms with Crippen molar-refractivity contribution < 1.29 is 19.1 Å². The predicted molar refractivity (Wildman–Crippen MR) is 100.0 cm³/mol. The van der Waals surface area contributed by atoms with Crippen molar-refractivity contribution in [2.75, 3.05) is 11.9 Å². The fraction of sp³-hybridized carbons (Fsp3) is 0.211. The Hall–Kier alpha value is -2.67. The van der Waals surface area contributed by atoms with Crippen molar-refractivity contribution in [3.63, 3.8) is 0 Å². The summed E-state index contributed by atoms with van der Waals surface area (Å²) in [5, 5.41) is 5.51. The van der Waals surface area contributed by atoms with E-state index < -0.39 is 18.5 Å². The first-order valence-electron chi connectivity index (χ1n) is 8.15. The molecule has 1 aliphatic rings. The average Bonchev–Trinajstić information content (AvgIpc) is 3.44. The van der Waals surface area contributed by atoms with Crippen LogP contribution in [0.2, 0.25) is 0 Å². The number of hydrogen-bond donors (Lipinski definition) is 2. The Morgan fingerprint density at radius 3 is 2.46 bits per heavy atom. The van der Waals surface area contributed by atoms with Gasteiger partial charge < -0.3 is 15.4 Å². The third-order valence-corrected chi connectivity index (χ3v) is 4.26. The lowest BCUT2D eigenvalue weighted by Crippen LogP contribution is -2.25. The molecule has 1 aliphatic carbocycles. The van der Waals surface area contributed by atoms with Crippen LogP contribution in [0, 0.1) is 0 Å². The Morgan fingerprint density at radius 2 is 1.77 bits per heavy atom. The lowest BCUT2D eigenvalue weighted by molar-refractivity contribution is -0.119. The quantitative estimate of drug-likeness (QED) is 0.708. The summed E-state index contributed by atoms with van der Waals surface area (Å²) in [5.41, 5.74) is 1.31. The van der Waals surface area contributed by atoms with Crippen LogP contribution in [0.3, 0.4) is 0 Å². The van der Waals surface area contributed by atoms with Crippen LogP contribution in [0.25, 0.3) is 0 Å². The zero-order valence-corrected chi connectivity index (χ0v) is 15.4. The van der Waals surface area contributed by atoms with Gasteiger partial charge >= 0.3 is 5.97 Å². The summed E-state index contributed by atoms with van der Waals surface area (Å²) in [4.78, 5) is 35.9.